The van der Waals surface area contributed by atoms with E-state index in [1.807, 2.05) is 30.9 Å². The lowest BCUT2D eigenvalue weighted by Gasteiger charge is -2.18. The number of nitrogens with two attached hydrogens (primary N) is 1. The van der Waals surface area contributed by atoms with Crippen molar-refractivity contribution in [2.75, 3.05) is 13.1 Å². The zero-order valence-corrected chi connectivity index (χ0v) is 11.2. The van der Waals surface area contributed by atoms with E-state index in [-0.39, 0.29) is 5.92 Å². The average Bonchev–Trinajstić information content (AvgIpc) is 3.20. The summed E-state index contributed by atoms with van der Waals surface area (Å²) in [6.07, 6.45) is 0.979. The van der Waals surface area contributed by atoms with Gasteiger partial charge in [-0.1, -0.05) is 24.3 Å². The van der Waals surface area contributed by atoms with Crippen molar-refractivity contribution in [3.63, 3.8) is 0 Å². The lowest BCUT2D eigenvalue weighted by Crippen LogP contribution is -2.32. The van der Waals surface area contributed by atoms with Crippen LogP contribution in [0.1, 0.15) is 37.3 Å². The molecule has 3 nitrogen and oxygen atoms in total. The van der Waals surface area contributed by atoms with Gasteiger partial charge in [0.1, 0.15) is 0 Å². The van der Waals surface area contributed by atoms with E-state index in [4.69, 9.17) is 5.73 Å². The van der Waals surface area contributed by atoms with Crippen molar-refractivity contribution in [2.45, 2.75) is 32.7 Å². The summed E-state index contributed by atoms with van der Waals surface area (Å²) < 4.78 is 0. The van der Waals surface area contributed by atoms with Gasteiger partial charge in [0, 0.05) is 25.6 Å². The maximum Gasteiger partial charge on any atom is 0.226 e. The van der Waals surface area contributed by atoms with E-state index in [2.05, 4.69) is 12.1 Å². The lowest BCUT2D eigenvalue weighted by molar-refractivity contribution is -0.132. The predicted octanol–water partition coefficient (Wildman–Crippen LogP) is 2.12. The van der Waals surface area contributed by atoms with Gasteiger partial charge in [-0.15, -0.1) is 0 Å². The van der Waals surface area contributed by atoms with Crippen LogP contribution in [0.25, 0.3) is 0 Å². The van der Waals surface area contributed by atoms with Crippen molar-refractivity contribution in [2.24, 2.45) is 11.7 Å². The first-order valence-corrected chi connectivity index (χ1v) is 6.79. The fourth-order valence-electron chi connectivity index (χ4n) is 2.66. The molecule has 0 spiro atoms. The van der Waals surface area contributed by atoms with Crippen LogP contribution in [0.5, 0.6) is 0 Å². The van der Waals surface area contributed by atoms with Crippen LogP contribution in [0.2, 0.25) is 0 Å². The van der Waals surface area contributed by atoms with Crippen LogP contribution >= 0.6 is 0 Å². The topological polar surface area (TPSA) is 46.3 Å². The normalized spacial score (nSPS) is 21.7. The van der Waals surface area contributed by atoms with Crippen LogP contribution in [0, 0.1) is 5.92 Å². The maximum absolute atomic E-state index is 12.2. The number of hydrogen-bond donors (Lipinski definition) is 1. The molecule has 1 aliphatic carbocycles. The van der Waals surface area contributed by atoms with Gasteiger partial charge in [-0.3, -0.25) is 4.79 Å². The van der Waals surface area contributed by atoms with Gasteiger partial charge in [0.05, 0.1) is 0 Å². The standard InChI is InChI=1S/C15H22N2O/c1-3-17(4-2)15(18)14-9-13(14)12-8-6-5-7-11(12)10-16/h5-8,13-14H,3-4,9-10,16H2,1-2H3. The van der Waals surface area contributed by atoms with E-state index in [1.165, 1.54) is 11.1 Å². The van der Waals surface area contributed by atoms with Crippen LogP contribution < -0.4 is 5.73 Å². The summed E-state index contributed by atoms with van der Waals surface area (Å²) in [5.41, 5.74) is 8.20. The maximum atomic E-state index is 12.2. The van der Waals surface area contributed by atoms with Gasteiger partial charge in [0.2, 0.25) is 5.91 Å². The highest BCUT2D eigenvalue weighted by Crippen LogP contribution is 2.49. The number of rotatable bonds is 5. The predicted molar refractivity (Wildman–Crippen MR) is 73.1 cm³/mol. The molecule has 2 unspecified atom stereocenters. The Morgan fingerprint density at radius 1 is 1.33 bits per heavy atom. The Hall–Kier alpha value is -1.35. The van der Waals surface area contributed by atoms with Crippen LogP contribution in [0.15, 0.2) is 24.3 Å². The van der Waals surface area contributed by atoms with Gasteiger partial charge in [-0.25, -0.2) is 0 Å². The smallest absolute Gasteiger partial charge is 0.226 e. The quantitative estimate of drug-likeness (QED) is 0.865. The first-order chi connectivity index (χ1) is 8.72. The third-order valence-corrected chi connectivity index (χ3v) is 3.86. The Bertz CT molecular complexity index is 426. The minimum Gasteiger partial charge on any atom is -0.343 e. The largest absolute Gasteiger partial charge is 0.343 e. The molecular formula is C15H22N2O. The molecule has 1 saturated carbocycles. The van der Waals surface area contributed by atoms with Gasteiger partial charge < -0.3 is 10.6 Å². The molecule has 1 aromatic carbocycles. The second-order valence-electron chi connectivity index (χ2n) is 4.86. The fraction of sp³-hybridized carbons (Fsp3) is 0.533. The summed E-state index contributed by atoms with van der Waals surface area (Å²) in [5, 5.41) is 0. The number of amides is 1. The molecule has 0 bridgehead atoms. The monoisotopic (exact) mass is 246 g/mol. The number of benzene rings is 1. The summed E-state index contributed by atoms with van der Waals surface area (Å²) in [7, 11) is 0. The summed E-state index contributed by atoms with van der Waals surface area (Å²) in [6, 6.07) is 8.22. The first kappa shape index (κ1) is 13.1. The van der Waals surface area contributed by atoms with Crippen molar-refractivity contribution in [3.8, 4) is 0 Å². The van der Waals surface area contributed by atoms with Crippen molar-refractivity contribution < 1.29 is 4.79 Å². The fourth-order valence-corrected chi connectivity index (χ4v) is 2.66. The molecule has 0 heterocycles. The third-order valence-electron chi connectivity index (χ3n) is 3.86. The number of carbonyl (C=O) groups excluding carboxylic acids is 1. The van der Waals surface area contributed by atoms with Crippen LogP contribution in [-0.4, -0.2) is 23.9 Å². The van der Waals surface area contributed by atoms with E-state index < -0.39 is 0 Å². The summed E-state index contributed by atoms with van der Waals surface area (Å²) in [6.45, 7) is 6.23. The Morgan fingerprint density at radius 3 is 2.61 bits per heavy atom. The minimum atomic E-state index is 0.178. The molecule has 3 heteroatoms. The molecule has 2 atom stereocenters. The Morgan fingerprint density at radius 2 is 2.00 bits per heavy atom. The Kier molecular flexibility index (Phi) is 4.02. The molecule has 98 valence electrons. The van der Waals surface area contributed by atoms with E-state index in [0.717, 1.165) is 19.5 Å². The minimum absolute atomic E-state index is 0.178. The van der Waals surface area contributed by atoms with E-state index in [0.29, 0.717) is 18.4 Å². The highest BCUT2D eigenvalue weighted by Gasteiger charge is 2.45. The molecule has 2 rings (SSSR count). The summed E-state index contributed by atoms with van der Waals surface area (Å²) >= 11 is 0. The third kappa shape index (κ3) is 2.41. The van der Waals surface area contributed by atoms with Gasteiger partial charge in [0.15, 0.2) is 0 Å². The van der Waals surface area contributed by atoms with Gasteiger partial charge in [0.25, 0.3) is 0 Å². The summed E-state index contributed by atoms with van der Waals surface area (Å²) in [4.78, 5) is 14.2. The molecule has 1 fully saturated rings. The zero-order chi connectivity index (χ0) is 13.1. The van der Waals surface area contributed by atoms with Crippen molar-refractivity contribution >= 4 is 5.91 Å². The Balaban J connectivity index is 2.09. The van der Waals surface area contributed by atoms with Gasteiger partial charge in [-0.05, 0) is 37.3 Å². The molecule has 0 aliphatic heterocycles. The van der Waals surface area contributed by atoms with Crippen LogP contribution in [0.4, 0.5) is 0 Å². The van der Waals surface area contributed by atoms with Gasteiger partial charge in [-0.2, -0.15) is 0 Å². The number of hydrogen-bond acceptors (Lipinski definition) is 2. The molecule has 0 aromatic heterocycles. The van der Waals surface area contributed by atoms with E-state index >= 15 is 0 Å². The second kappa shape index (κ2) is 5.53. The van der Waals surface area contributed by atoms with E-state index in [1.54, 1.807) is 0 Å². The van der Waals surface area contributed by atoms with Crippen LogP contribution in [-0.2, 0) is 11.3 Å². The van der Waals surface area contributed by atoms with E-state index in [9.17, 15) is 4.79 Å². The lowest BCUT2D eigenvalue weighted by atomic mass is 10.0. The highest BCUT2D eigenvalue weighted by atomic mass is 16.2. The molecule has 1 aromatic rings. The zero-order valence-electron chi connectivity index (χ0n) is 11.2. The Labute approximate surface area is 109 Å². The van der Waals surface area contributed by atoms with Crippen LogP contribution in [0.3, 0.4) is 0 Å². The molecule has 18 heavy (non-hydrogen) atoms. The highest BCUT2D eigenvalue weighted by molar-refractivity contribution is 5.83. The molecule has 0 radical (unpaired) electrons. The number of carbonyl (C=O) groups is 1. The summed E-state index contributed by atoms with van der Waals surface area (Å²) in [5.74, 6) is 0.868. The first-order valence-electron chi connectivity index (χ1n) is 6.79. The van der Waals surface area contributed by atoms with Gasteiger partial charge >= 0.3 is 0 Å². The molecular weight excluding hydrogens is 224 g/mol. The molecule has 1 amide bonds. The molecule has 2 N–H and O–H groups in total. The second-order valence-corrected chi connectivity index (χ2v) is 4.86. The number of nitrogens with zero attached hydrogens (tertiary/aromatic N) is 1. The molecule has 0 saturated heterocycles. The van der Waals surface area contributed by atoms with Crippen molar-refractivity contribution in [3.05, 3.63) is 35.4 Å². The average molecular weight is 246 g/mol. The van der Waals surface area contributed by atoms with Crippen molar-refractivity contribution in [1.29, 1.82) is 0 Å². The van der Waals surface area contributed by atoms with Crippen molar-refractivity contribution in [1.82, 2.24) is 4.90 Å². The SMILES string of the molecule is CCN(CC)C(=O)C1CC1c1ccccc1CN. The molecule has 1 aliphatic rings.